The number of likely N-dealkylation sites (tertiary alicyclic amines) is 1. The van der Waals surface area contributed by atoms with Crippen LogP contribution in [-0.2, 0) is 0 Å². The van der Waals surface area contributed by atoms with Crippen molar-refractivity contribution in [3.8, 4) is 0 Å². The van der Waals surface area contributed by atoms with E-state index in [-0.39, 0.29) is 11.8 Å². The van der Waals surface area contributed by atoms with Crippen LogP contribution in [0, 0.1) is 5.82 Å². The molecule has 0 atom stereocenters. The Morgan fingerprint density at radius 1 is 1.05 bits per heavy atom. The molecular weight excluding hydrogens is 257 g/mol. The van der Waals surface area contributed by atoms with Gasteiger partial charge in [-0.15, -0.1) is 0 Å². The molecule has 0 spiro atoms. The lowest BCUT2D eigenvalue weighted by Crippen LogP contribution is -2.32. The van der Waals surface area contributed by atoms with E-state index in [1.807, 2.05) is 0 Å². The normalized spacial score (nSPS) is 18.6. The molecule has 20 heavy (non-hydrogen) atoms. The fraction of sp³-hybridized carbons (Fsp3) is 0.533. The number of hydrogen-bond donors (Lipinski definition) is 1. The first-order valence-electron chi connectivity index (χ1n) is 7.34. The number of rotatable bonds is 2. The number of nitrogens with zero attached hydrogens (tertiary/aromatic N) is 2. The molecule has 4 nitrogen and oxygen atoms in total. The number of anilines is 2. The van der Waals surface area contributed by atoms with Gasteiger partial charge in [0.1, 0.15) is 5.82 Å². The molecule has 1 N–H and O–H groups in total. The molecule has 3 rings (SSSR count). The average molecular weight is 277 g/mol. The van der Waals surface area contributed by atoms with E-state index >= 15 is 0 Å². The number of halogens is 1. The Balaban J connectivity index is 1.68. The highest BCUT2D eigenvalue weighted by atomic mass is 19.1. The SMILES string of the molecule is O=C(Nc1ccc(N2CCCC2)c(F)c1)N1CCCC1. The van der Waals surface area contributed by atoms with Crippen LogP contribution in [-0.4, -0.2) is 37.1 Å². The summed E-state index contributed by atoms with van der Waals surface area (Å²) in [5, 5.41) is 2.77. The number of amides is 2. The molecule has 0 saturated carbocycles. The molecule has 2 aliphatic rings. The van der Waals surface area contributed by atoms with E-state index in [4.69, 9.17) is 0 Å². The molecule has 0 unspecified atom stereocenters. The van der Waals surface area contributed by atoms with Gasteiger partial charge >= 0.3 is 6.03 Å². The molecule has 0 aromatic heterocycles. The molecule has 1 aromatic rings. The van der Waals surface area contributed by atoms with Gasteiger partial charge in [-0.1, -0.05) is 0 Å². The van der Waals surface area contributed by atoms with Crippen LogP contribution in [0.4, 0.5) is 20.6 Å². The van der Waals surface area contributed by atoms with Gasteiger partial charge in [-0.25, -0.2) is 9.18 Å². The zero-order valence-electron chi connectivity index (χ0n) is 11.6. The quantitative estimate of drug-likeness (QED) is 0.901. The minimum absolute atomic E-state index is 0.129. The van der Waals surface area contributed by atoms with Crippen molar-refractivity contribution in [2.24, 2.45) is 0 Å². The third-order valence-corrected chi connectivity index (χ3v) is 4.04. The number of urea groups is 1. The number of hydrogen-bond acceptors (Lipinski definition) is 2. The van der Waals surface area contributed by atoms with E-state index in [2.05, 4.69) is 10.2 Å². The third-order valence-electron chi connectivity index (χ3n) is 4.04. The molecule has 2 aliphatic heterocycles. The summed E-state index contributed by atoms with van der Waals surface area (Å²) in [4.78, 5) is 15.8. The molecule has 5 heteroatoms. The zero-order chi connectivity index (χ0) is 13.9. The molecule has 1 aromatic carbocycles. The Morgan fingerprint density at radius 2 is 1.70 bits per heavy atom. The second-order valence-electron chi connectivity index (χ2n) is 5.48. The van der Waals surface area contributed by atoms with Crippen LogP contribution in [0.25, 0.3) is 0 Å². The van der Waals surface area contributed by atoms with Crippen molar-refractivity contribution in [1.29, 1.82) is 0 Å². The van der Waals surface area contributed by atoms with Gasteiger partial charge in [-0.3, -0.25) is 0 Å². The Morgan fingerprint density at radius 3 is 2.35 bits per heavy atom. The Hall–Kier alpha value is -1.78. The van der Waals surface area contributed by atoms with Crippen molar-refractivity contribution in [2.45, 2.75) is 25.7 Å². The van der Waals surface area contributed by atoms with E-state index in [9.17, 15) is 9.18 Å². The number of benzene rings is 1. The molecule has 108 valence electrons. The molecular formula is C15H20FN3O. The van der Waals surface area contributed by atoms with Crippen LogP contribution in [0.15, 0.2) is 18.2 Å². The predicted octanol–water partition coefficient (Wildman–Crippen LogP) is 3.05. The Kier molecular flexibility index (Phi) is 3.76. The van der Waals surface area contributed by atoms with Gasteiger partial charge in [-0.05, 0) is 43.9 Å². The van der Waals surface area contributed by atoms with Gasteiger partial charge in [0, 0.05) is 31.9 Å². The summed E-state index contributed by atoms with van der Waals surface area (Å²) in [5.41, 5.74) is 1.17. The van der Waals surface area contributed by atoms with Crippen molar-refractivity contribution in [1.82, 2.24) is 4.90 Å². The summed E-state index contributed by atoms with van der Waals surface area (Å²) in [6, 6.07) is 4.84. The van der Waals surface area contributed by atoms with Gasteiger partial charge in [0.05, 0.1) is 5.69 Å². The minimum atomic E-state index is -0.258. The van der Waals surface area contributed by atoms with Crippen LogP contribution in [0.3, 0.4) is 0 Å². The van der Waals surface area contributed by atoms with E-state index in [0.29, 0.717) is 11.4 Å². The predicted molar refractivity (Wildman–Crippen MR) is 77.7 cm³/mol. The van der Waals surface area contributed by atoms with Gasteiger partial charge in [0.25, 0.3) is 0 Å². The molecule has 0 bridgehead atoms. The Bertz CT molecular complexity index is 494. The lowest BCUT2D eigenvalue weighted by molar-refractivity contribution is 0.222. The standard InChI is InChI=1S/C15H20FN3O/c16-13-11-12(17-15(20)19-9-3-4-10-19)5-6-14(13)18-7-1-2-8-18/h5-6,11H,1-4,7-10H2,(H,17,20). The molecule has 2 fully saturated rings. The number of carbonyl (C=O) groups is 1. The van der Waals surface area contributed by atoms with Gasteiger partial charge in [-0.2, -0.15) is 0 Å². The fourth-order valence-corrected chi connectivity index (χ4v) is 2.92. The van der Waals surface area contributed by atoms with Crippen LogP contribution in [0.1, 0.15) is 25.7 Å². The summed E-state index contributed by atoms with van der Waals surface area (Å²) in [6.07, 6.45) is 4.34. The number of carbonyl (C=O) groups excluding carboxylic acids is 1. The second kappa shape index (κ2) is 5.69. The van der Waals surface area contributed by atoms with Gasteiger partial charge in [0.2, 0.25) is 0 Å². The summed E-state index contributed by atoms with van der Waals surface area (Å²) in [6.45, 7) is 3.41. The van der Waals surface area contributed by atoms with E-state index < -0.39 is 0 Å². The highest BCUT2D eigenvalue weighted by molar-refractivity contribution is 5.89. The van der Waals surface area contributed by atoms with Crippen molar-refractivity contribution >= 4 is 17.4 Å². The maximum atomic E-state index is 14.1. The smallest absolute Gasteiger partial charge is 0.321 e. The summed E-state index contributed by atoms with van der Waals surface area (Å²) in [7, 11) is 0. The first-order chi connectivity index (χ1) is 9.74. The largest absolute Gasteiger partial charge is 0.369 e. The fourth-order valence-electron chi connectivity index (χ4n) is 2.92. The Labute approximate surface area is 118 Å². The summed E-state index contributed by atoms with van der Waals surface area (Å²) < 4.78 is 14.1. The van der Waals surface area contributed by atoms with E-state index in [0.717, 1.165) is 51.9 Å². The van der Waals surface area contributed by atoms with Crippen LogP contribution in [0.5, 0.6) is 0 Å². The third kappa shape index (κ3) is 2.71. The maximum absolute atomic E-state index is 14.1. The summed E-state index contributed by atoms with van der Waals surface area (Å²) >= 11 is 0. The van der Waals surface area contributed by atoms with Crippen molar-refractivity contribution in [2.75, 3.05) is 36.4 Å². The lowest BCUT2D eigenvalue weighted by Gasteiger charge is -2.20. The highest BCUT2D eigenvalue weighted by Crippen LogP contribution is 2.26. The number of nitrogens with one attached hydrogen (secondary N) is 1. The highest BCUT2D eigenvalue weighted by Gasteiger charge is 2.19. The zero-order valence-corrected chi connectivity index (χ0v) is 11.6. The first kappa shape index (κ1) is 13.2. The van der Waals surface area contributed by atoms with Gasteiger partial charge in [0.15, 0.2) is 0 Å². The van der Waals surface area contributed by atoms with Crippen LogP contribution in [0.2, 0.25) is 0 Å². The first-order valence-corrected chi connectivity index (χ1v) is 7.34. The molecule has 0 radical (unpaired) electrons. The maximum Gasteiger partial charge on any atom is 0.321 e. The van der Waals surface area contributed by atoms with Crippen molar-refractivity contribution < 1.29 is 9.18 Å². The second-order valence-corrected chi connectivity index (χ2v) is 5.48. The van der Waals surface area contributed by atoms with Crippen LogP contribution >= 0.6 is 0 Å². The van der Waals surface area contributed by atoms with Gasteiger partial charge < -0.3 is 15.1 Å². The molecule has 2 saturated heterocycles. The average Bonchev–Trinajstić information content (AvgIpc) is 3.12. The van der Waals surface area contributed by atoms with Crippen molar-refractivity contribution in [3.63, 3.8) is 0 Å². The van der Waals surface area contributed by atoms with E-state index in [1.165, 1.54) is 6.07 Å². The lowest BCUT2D eigenvalue weighted by atomic mass is 10.2. The van der Waals surface area contributed by atoms with E-state index in [1.54, 1.807) is 17.0 Å². The molecule has 0 aliphatic carbocycles. The van der Waals surface area contributed by atoms with Crippen LogP contribution < -0.4 is 10.2 Å². The molecule has 2 heterocycles. The topological polar surface area (TPSA) is 35.6 Å². The molecule has 2 amide bonds. The summed E-state index contributed by atoms with van der Waals surface area (Å²) in [5.74, 6) is -0.258. The minimum Gasteiger partial charge on any atom is -0.369 e. The van der Waals surface area contributed by atoms with Crippen molar-refractivity contribution in [3.05, 3.63) is 24.0 Å². The monoisotopic (exact) mass is 277 g/mol.